The van der Waals surface area contributed by atoms with E-state index < -0.39 is 28.6 Å². The van der Waals surface area contributed by atoms with Crippen LogP contribution in [0, 0.1) is 6.92 Å². The lowest BCUT2D eigenvalue weighted by molar-refractivity contribution is -0.117. The number of alkyl halides is 2. The van der Waals surface area contributed by atoms with Crippen molar-refractivity contribution < 1.29 is 31.5 Å². The highest BCUT2D eigenvalue weighted by molar-refractivity contribution is 7.89. The first kappa shape index (κ1) is 21.6. The molecule has 0 saturated carbocycles. The van der Waals surface area contributed by atoms with E-state index in [1.54, 1.807) is 0 Å². The zero-order valence-corrected chi connectivity index (χ0v) is 16.2. The summed E-state index contributed by atoms with van der Waals surface area (Å²) < 4.78 is 61.3. The minimum Gasteiger partial charge on any atom is -0.497 e. The van der Waals surface area contributed by atoms with E-state index in [0.717, 1.165) is 0 Å². The maximum atomic E-state index is 12.4. The number of sulfonamides is 1. The zero-order chi connectivity index (χ0) is 20.9. The van der Waals surface area contributed by atoms with Gasteiger partial charge in [-0.25, -0.2) is 8.42 Å². The maximum absolute atomic E-state index is 12.4. The van der Waals surface area contributed by atoms with E-state index in [1.165, 1.54) is 63.4 Å². The quantitative estimate of drug-likeness (QED) is 0.693. The lowest BCUT2D eigenvalue weighted by Gasteiger charge is -2.17. The molecule has 28 heavy (non-hydrogen) atoms. The van der Waals surface area contributed by atoms with Gasteiger partial charge in [-0.15, -0.1) is 0 Å². The standard InChI is InChI=1S/C18H20F2N2O5S/c1-11-15(5-4-6-16(11)27-18(19)20)21-17(23)12(2)22-28(24,25)14-9-7-13(26-3)8-10-14/h4-10,12,18,22H,1-3H3,(H,21,23)/t12-/m0/s1. The van der Waals surface area contributed by atoms with Crippen LogP contribution in [-0.4, -0.2) is 34.1 Å². The summed E-state index contributed by atoms with van der Waals surface area (Å²) in [6, 6.07) is 8.82. The molecular weight excluding hydrogens is 394 g/mol. The second-order valence-corrected chi connectivity index (χ2v) is 7.53. The second kappa shape index (κ2) is 8.98. The number of hydrogen-bond donors (Lipinski definition) is 2. The number of rotatable bonds is 8. The fraction of sp³-hybridized carbons (Fsp3) is 0.278. The van der Waals surface area contributed by atoms with Crippen molar-refractivity contribution in [2.75, 3.05) is 12.4 Å². The number of methoxy groups -OCH3 is 1. The Morgan fingerprint density at radius 1 is 1.11 bits per heavy atom. The topological polar surface area (TPSA) is 93.7 Å². The van der Waals surface area contributed by atoms with Crippen molar-refractivity contribution >= 4 is 21.6 Å². The van der Waals surface area contributed by atoms with Crippen molar-refractivity contribution in [3.8, 4) is 11.5 Å². The van der Waals surface area contributed by atoms with E-state index in [2.05, 4.69) is 14.8 Å². The summed E-state index contributed by atoms with van der Waals surface area (Å²) in [5.74, 6) is -0.250. The van der Waals surface area contributed by atoms with Gasteiger partial charge in [-0.1, -0.05) is 6.07 Å². The first-order valence-electron chi connectivity index (χ1n) is 8.15. The molecule has 2 aromatic rings. The molecule has 0 saturated heterocycles. The predicted molar refractivity (Wildman–Crippen MR) is 99.2 cm³/mol. The maximum Gasteiger partial charge on any atom is 0.387 e. The number of hydrogen-bond acceptors (Lipinski definition) is 5. The molecule has 1 atom stereocenters. The number of nitrogens with one attached hydrogen (secondary N) is 2. The molecule has 0 aliphatic carbocycles. The van der Waals surface area contributed by atoms with E-state index in [1.807, 2.05) is 0 Å². The number of halogens is 2. The zero-order valence-electron chi connectivity index (χ0n) is 15.4. The number of anilines is 1. The van der Waals surface area contributed by atoms with Crippen molar-refractivity contribution in [3.63, 3.8) is 0 Å². The van der Waals surface area contributed by atoms with Crippen molar-refractivity contribution in [3.05, 3.63) is 48.0 Å². The predicted octanol–water partition coefficient (Wildman–Crippen LogP) is 2.91. The summed E-state index contributed by atoms with van der Waals surface area (Å²) >= 11 is 0. The van der Waals surface area contributed by atoms with Gasteiger partial charge < -0.3 is 14.8 Å². The lowest BCUT2D eigenvalue weighted by atomic mass is 10.1. The normalized spacial score (nSPS) is 12.5. The molecule has 0 fully saturated rings. The lowest BCUT2D eigenvalue weighted by Crippen LogP contribution is -2.41. The van der Waals surface area contributed by atoms with Gasteiger partial charge in [0, 0.05) is 11.3 Å². The Morgan fingerprint density at radius 2 is 1.75 bits per heavy atom. The Kier molecular flexibility index (Phi) is 6.92. The van der Waals surface area contributed by atoms with E-state index in [0.29, 0.717) is 11.3 Å². The summed E-state index contributed by atoms with van der Waals surface area (Å²) in [6.45, 7) is -0.134. The SMILES string of the molecule is COc1ccc(S(=O)(=O)N[C@@H](C)C(=O)Nc2cccc(OC(F)F)c2C)cc1. The Bertz CT molecular complexity index is 933. The average Bonchev–Trinajstić information content (AvgIpc) is 2.64. The third kappa shape index (κ3) is 5.40. The molecule has 1 amide bonds. The second-order valence-electron chi connectivity index (χ2n) is 5.81. The van der Waals surface area contributed by atoms with Gasteiger partial charge in [0.15, 0.2) is 0 Å². The van der Waals surface area contributed by atoms with Crippen LogP contribution in [0.15, 0.2) is 47.4 Å². The molecule has 0 unspecified atom stereocenters. The van der Waals surface area contributed by atoms with Crippen LogP contribution in [-0.2, 0) is 14.8 Å². The molecule has 2 rings (SSSR count). The molecule has 0 spiro atoms. The van der Waals surface area contributed by atoms with Gasteiger partial charge in [0.1, 0.15) is 11.5 Å². The average molecular weight is 414 g/mol. The number of amides is 1. The highest BCUT2D eigenvalue weighted by atomic mass is 32.2. The summed E-state index contributed by atoms with van der Waals surface area (Å²) in [6.07, 6.45) is 0. The van der Waals surface area contributed by atoms with Crippen LogP contribution >= 0.6 is 0 Å². The summed E-state index contributed by atoms with van der Waals surface area (Å²) in [7, 11) is -2.49. The van der Waals surface area contributed by atoms with Crippen LogP contribution in [0.1, 0.15) is 12.5 Å². The monoisotopic (exact) mass is 414 g/mol. The van der Waals surface area contributed by atoms with Gasteiger partial charge in [0.2, 0.25) is 15.9 Å². The molecule has 0 aromatic heterocycles. The molecule has 2 aromatic carbocycles. The molecule has 152 valence electrons. The molecule has 10 heteroatoms. The van der Waals surface area contributed by atoms with Crippen LogP contribution in [0.3, 0.4) is 0 Å². The minimum absolute atomic E-state index is 0.0311. The van der Waals surface area contributed by atoms with E-state index in [-0.39, 0.29) is 16.3 Å². The smallest absolute Gasteiger partial charge is 0.387 e. The minimum atomic E-state index is -3.95. The third-order valence-electron chi connectivity index (χ3n) is 3.85. The Balaban J connectivity index is 2.10. The first-order chi connectivity index (χ1) is 13.1. The number of ether oxygens (including phenoxy) is 2. The Morgan fingerprint density at radius 3 is 2.32 bits per heavy atom. The van der Waals surface area contributed by atoms with Crippen molar-refractivity contribution in [2.24, 2.45) is 0 Å². The molecule has 0 bridgehead atoms. The largest absolute Gasteiger partial charge is 0.497 e. The van der Waals surface area contributed by atoms with Crippen LogP contribution < -0.4 is 19.5 Å². The Hall–Kier alpha value is -2.72. The van der Waals surface area contributed by atoms with Crippen LogP contribution in [0.5, 0.6) is 11.5 Å². The number of benzene rings is 2. The van der Waals surface area contributed by atoms with E-state index >= 15 is 0 Å². The van der Waals surface area contributed by atoms with Gasteiger partial charge >= 0.3 is 6.61 Å². The molecule has 0 aliphatic heterocycles. The van der Waals surface area contributed by atoms with E-state index in [4.69, 9.17) is 4.74 Å². The van der Waals surface area contributed by atoms with Gasteiger partial charge in [-0.2, -0.15) is 13.5 Å². The van der Waals surface area contributed by atoms with Gasteiger partial charge in [0.25, 0.3) is 0 Å². The summed E-state index contributed by atoms with van der Waals surface area (Å²) in [5, 5.41) is 2.51. The molecule has 0 heterocycles. The molecule has 7 nitrogen and oxygen atoms in total. The molecule has 2 N–H and O–H groups in total. The van der Waals surface area contributed by atoms with Gasteiger partial charge in [-0.05, 0) is 50.2 Å². The van der Waals surface area contributed by atoms with Crippen LogP contribution in [0.25, 0.3) is 0 Å². The van der Waals surface area contributed by atoms with Crippen LogP contribution in [0.4, 0.5) is 14.5 Å². The van der Waals surface area contributed by atoms with Crippen molar-refractivity contribution in [1.82, 2.24) is 4.72 Å². The molecular formula is C18H20F2N2O5S. The van der Waals surface area contributed by atoms with Crippen molar-refractivity contribution in [2.45, 2.75) is 31.4 Å². The highest BCUT2D eigenvalue weighted by Crippen LogP contribution is 2.27. The number of carbonyl (C=O) groups is 1. The fourth-order valence-electron chi connectivity index (χ4n) is 2.32. The summed E-state index contributed by atoms with van der Waals surface area (Å²) in [5.41, 5.74) is 0.528. The van der Waals surface area contributed by atoms with Gasteiger partial charge in [-0.3, -0.25) is 4.79 Å². The molecule has 0 radical (unpaired) electrons. The third-order valence-corrected chi connectivity index (χ3v) is 5.41. The first-order valence-corrected chi connectivity index (χ1v) is 9.64. The Labute approximate surface area is 161 Å². The van der Waals surface area contributed by atoms with Crippen molar-refractivity contribution in [1.29, 1.82) is 0 Å². The summed E-state index contributed by atoms with van der Waals surface area (Å²) in [4.78, 5) is 12.3. The fourth-order valence-corrected chi connectivity index (χ4v) is 3.53. The van der Waals surface area contributed by atoms with Crippen LogP contribution in [0.2, 0.25) is 0 Å². The van der Waals surface area contributed by atoms with Gasteiger partial charge in [0.05, 0.1) is 18.0 Å². The number of carbonyl (C=O) groups excluding carboxylic acids is 1. The van der Waals surface area contributed by atoms with E-state index in [9.17, 15) is 22.0 Å². The molecule has 0 aliphatic rings. The highest BCUT2D eigenvalue weighted by Gasteiger charge is 2.23.